The molecule has 0 fully saturated rings. The molecule has 1 N–H and O–H groups in total. The van der Waals surface area contributed by atoms with Crippen molar-refractivity contribution in [2.75, 3.05) is 0 Å². The van der Waals surface area contributed by atoms with Gasteiger partial charge in [0.25, 0.3) is 0 Å². The van der Waals surface area contributed by atoms with Crippen LogP contribution in [0.5, 0.6) is 5.75 Å². The Morgan fingerprint density at radius 3 is 3.00 bits per heavy atom. The number of fused-ring (bicyclic) bond motifs is 1. The first kappa shape index (κ1) is 11.3. The standard InChI is InChI=1S/C12H13ClO3/c1-12(6-5-10(14)15)7-8-3-2-4-9(13)11(8)16-12/h2-4H,5-7H2,1H3,(H,14,15). The number of hydrogen-bond donors (Lipinski definition) is 1. The molecule has 1 aromatic carbocycles. The summed E-state index contributed by atoms with van der Waals surface area (Å²) in [5.41, 5.74) is 0.617. The second-order valence-corrected chi connectivity index (χ2v) is 4.76. The third-order valence-electron chi connectivity index (χ3n) is 2.83. The lowest BCUT2D eigenvalue weighted by Crippen LogP contribution is -2.30. The van der Waals surface area contributed by atoms with Crippen LogP contribution in [0.15, 0.2) is 18.2 Å². The summed E-state index contributed by atoms with van der Waals surface area (Å²) in [5.74, 6) is -0.0936. The van der Waals surface area contributed by atoms with Crippen LogP contribution in [0.3, 0.4) is 0 Å². The number of carboxylic acids is 1. The lowest BCUT2D eigenvalue weighted by atomic mass is 9.94. The molecule has 0 radical (unpaired) electrons. The van der Waals surface area contributed by atoms with E-state index in [1.165, 1.54) is 0 Å². The fourth-order valence-corrected chi connectivity index (χ4v) is 2.24. The first-order valence-corrected chi connectivity index (χ1v) is 5.56. The number of carboxylic acid groups (broad SMARTS) is 1. The molecule has 1 aliphatic rings. The summed E-state index contributed by atoms with van der Waals surface area (Å²) in [7, 11) is 0. The van der Waals surface area contributed by atoms with Crippen molar-refractivity contribution in [3.8, 4) is 5.75 Å². The average molecular weight is 241 g/mol. The molecule has 1 atom stereocenters. The molecule has 0 aliphatic carbocycles. The van der Waals surface area contributed by atoms with Crippen LogP contribution >= 0.6 is 11.6 Å². The molecule has 1 unspecified atom stereocenters. The van der Waals surface area contributed by atoms with Crippen LogP contribution < -0.4 is 4.74 Å². The van der Waals surface area contributed by atoms with Gasteiger partial charge in [-0.15, -0.1) is 0 Å². The van der Waals surface area contributed by atoms with Gasteiger partial charge in [-0.05, 0) is 25.0 Å². The summed E-state index contributed by atoms with van der Waals surface area (Å²) in [4.78, 5) is 10.6. The highest BCUT2D eigenvalue weighted by molar-refractivity contribution is 6.32. The molecule has 2 rings (SSSR count). The van der Waals surface area contributed by atoms with Gasteiger partial charge in [-0.1, -0.05) is 23.7 Å². The Bertz CT molecular complexity index is 430. The lowest BCUT2D eigenvalue weighted by Gasteiger charge is -2.23. The van der Waals surface area contributed by atoms with Crippen molar-refractivity contribution in [2.24, 2.45) is 0 Å². The zero-order valence-electron chi connectivity index (χ0n) is 9.00. The summed E-state index contributed by atoms with van der Waals surface area (Å²) in [5, 5.41) is 9.27. The van der Waals surface area contributed by atoms with Crippen LogP contribution in [0, 0.1) is 0 Å². The van der Waals surface area contributed by atoms with E-state index in [1.54, 1.807) is 6.07 Å². The number of para-hydroxylation sites is 1. The normalized spacial score (nSPS) is 22.6. The fourth-order valence-electron chi connectivity index (χ4n) is 2.00. The Kier molecular flexibility index (Phi) is 2.80. The van der Waals surface area contributed by atoms with E-state index in [9.17, 15) is 4.79 Å². The third kappa shape index (κ3) is 2.14. The number of carbonyl (C=O) groups is 1. The van der Waals surface area contributed by atoms with Crippen molar-refractivity contribution in [3.05, 3.63) is 28.8 Å². The van der Waals surface area contributed by atoms with E-state index in [2.05, 4.69) is 0 Å². The van der Waals surface area contributed by atoms with Gasteiger partial charge in [-0.25, -0.2) is 0 Å². The van der Waals surface area contributed by atoms with Crippen LogP contribution in [-0.4, -0.2) is 16.7 Å². The monoisotopic (exact) mass is 240 g/mol. The molecule has 0 aromatic heterocycles. The van der Waals surface area contributed by atoms with Crippen LogP contribution in [0.4, 0.5) is 0 Å². The molecular weight excluding hydrogens is 228 g/mol. The van der Waals surface area contributed by atoms with Gasteiger partial charge in [0, 0.05) is 12.8 Å². The number of hydrogen-bond acceptors (Lipinski definition) is 2. The van der Waals surface area contributed by atoms with Crippen molar-refractivity contribution < 1.29 is 14.6 Å². The van der Waals surface area contributed by atoms with Crippen LogP contribution in [-0.2, 0) is 11.2 Å². The minimum absolute atomic E-state index is 0.113. The fraction of sp³-hybridized carbons (Fsp3) is 0.417. The van der Waals surface area contributed by atoms with Crippen molar-refractivity contribution >= 4 is 17.6 Å². The predicted octanol–water partition coefficient (Wildman–Crippen LogP) is 2.90. The third-order valence-corrected chi connectivity index (χ3v) is 3.13. The van der Waals surface area contributed by atoms with Gasteiger partial charge in [-0.3, -0.25) is 4.79 Å². The Balaban J connectivity index is 2.15. The highest BCUT2D eigenvalue weighted by Gasteiger charge is 2.36. The molecule has 4 heteroatoms. The Hall–Kier alpha value is -1.22. The lowest BCUT2D eigenvalue weighted by molar-refractivity contribution is -0.138. The van der Waals surface area contributed by atoms with E-state index in [0.717, 1.165) is 12.0 Å². The summed E-state index contributed by atoms with van der Waals surface area (Å²) in [6, 6.07) is 5.63. The number of halogens is 1. The van der Waals surface area contributed by atoms with Gasteiger partial charge < -0.3 is 9.84 Å². The number of benzene rings is 1. The minimum atomic E-state index is -0.799. The zero-order valence-corrected chi connectivity index (χ0v) is 9.75. The van der Waals surface area contributed by atoms with Gasteiger partial charge in [0.2, 0.25) is 0 Å². The first-order valence-electron chi connectivity index (χ1n) is 5.18. The highest BCUT2D eigenvalue weighted by Crippen LogP contribution is 2.41. The summed E-state index contributed by atoms with van der Waals surface area (Å²) in [6.07, 6.45) is 1.33. The van der Waals surface area contributed by atoms with Crippen LogP contribution in [0.1, 0.15) is 25.3 Å². The van der Waals surface area contributed by atoms with Gasteiger partial charge >= 0.3 is 5.97 Å². The minimum Gasteiger partial charge on any atom is -0.485 e. The van der Waals surface area contributed by atoms with E-state index in [4.69, 9.17) is 21.4 Å². The highest BCUT2D eigenvalue weighted by atomic mass is 35.5. The maximum atomic E-state index is 10.6. The van der Waals surface area contributed by atoms with E-state index < -0.39 is 11.6 Å². The molecule has 1 aliphatic heterocycles. The quantitative estimate of drug-likeness (QED) is 0.884. The van der Waals surface area contributed by atoms with Crippen molar-refractivity contribution in [3.63, 3.8) is 0 Å². The molecular formula is C12H13ClO3. The molecule has 0 spiro atoms. The molecule has 1 heterocycles. The number of rotatable bonds is 3. The smallest absolute Gasteiger partial charge is 0.303 e. The van der Waals surface area contributed by atoms with Gasteiger partial charge in [-0.2, -0.15) is 0 Å². The molecule has 3 nitrogen and oxygen atoms in total. The topological polar surface area (TPSA) is 46.5 Å². The van der Waals surface area contributed by atoms with E-state index in [1.807, 2.05) is 19.1 Å². The Labute approximate surface area is 99.0 Å². The molecule has 0 bridgehead atoms. The predicted molar refractivity (Wildman–Crippen MR) is 61.1 cm³/mol. The average Bonchev–Trinajstić information content (AvgIpc) is 2.55. The van der Waals surface area contributed by atoms with Crippen LogP contribution in [0.25, 0.3) is 0 Å². The maximum absolute atomic E-state index is 10.6. The number of aliphatic carboxylic acids is 1. The van der Waals surface area contributed by atoms with Gasteiger partial charge in [0.1, 0.15) is 11.4 Å². The van der Waals surface area contributed by atoms with E-state index in [0.29, 0.717) is 17.2 Å². The molecule has 16 heavy (non-hydrogen) atoms. The van der Waals surface area contributed by atoms with Crippen molar-refractivity contribution in [1.29, 1.82) is 0 Å². The Morgan fingerprint density at radius 1 is 1.62 bits per heavy atom. The van der Waals surface area contributed by atoms with Crippen molar-refractivity contribution in [2.45, 2.75) is 31.8 Å². The van der Waals surface area contributed by atoms with Crippen LogP contribution in [0.2, 0.25) is 5.02 Å². The maximum Gasteiger partial charge on any atom is 0.303 e. The summed E-state index contributed by atoms with van der Waals surface area (Å²) in [6.45, 7) is 1.92. The number of ether oxygens (including phenoxy) is 1. The second kappa shape index (κ2) is 3.98. The summed E-state index contributed by atoms with van der Waals surface area (Å²) < 4.78 is 5.78. The molecule has 0 amide bonds. The van der Waals surface area contributed by atoms with Gasteiger partial charge in [0.05, 0.1) is 5.02 Å². The summed E-state index contributed by atoms with van der Waals surface area (Å²) >= 11 is 6.02. The zero-order chi connectivity index (χ0) is 11.8. The molecule has 0 saturated heterocycles. The molecule has 86 valence electrons. The van der Waals surface area contributed by atoms with Crippen molar-refractivity contribution in [1.82, 2.24) is 0 Å². The van der Waals surface area contributed by atoms with E-state index >= 15 is 0 Å². The Morgan fingerprint density at radius 2 is 2.38 bits per heavy atom. The molecule has 0 saturated carbocycles. The molecule has 1 aromatic rings. The first-order chi connectivity index (χ1) is 7.50. The largest absolute Gasteiger partial charge is 0.485 e. The SMILES string of the molecule is CC1(CCC(=O)O)Cc2cccc(Cl)c2O1. The van der Waals surface area contributed by atoms with Gasteiger partial charge in [0.15, 0.2) is 0 Å². The van der Waals surface area contributed by atoms with E-state index in [-0.39, 0.29) is 6.42 Å². The second-order valence-electron chi connectivity index (χ2n) is 4.35.